The molecule has 1 N–H and O–H groups in total. The molecule has 0 aromatic carbocycles. The Morgan fingerprint density at radius 1 is 1.55 bits per heavy atom. The van der Waals surface area contributed by atoms with E-state index in [1.165, 1.54) is 0 Å². The Morgan fingerprint density at radius 3 is 3.09 bits per heavy atom. The minimum atomic E-state index is -0.529. The summed E-state index contributed by atoms with van der Waals surface area (Å²) < 4.78 is 15.6. The van der Waals surface area contributed by atoms with E-state index in [1.807, 2.05) is 0 Å². The zero-order valence-corrected chi connectivity index (χ0v) is 6.40. The summed E-state index contributed by atoms with van der Waals surface area (Å²) in [6, 6.07) is 0. The van der Waals surface area contributed by atoms with E-state index in [1.54, 1.807) is 7.11 Å². The molecule has 0 spiro atoms. The van der Waals surface area contributed by atoms with Gasteiger partial charge in [-0.15, -0.1) is 0 Å². The third-order valence-electron chi connectivity index (χ3n) is 2.24. The van der Waals surface area contributed by atoms with Crippen molar-refractivity contribution in [2.75, 3.05) is 13.7 Å². The Kier molecular flexibility index (Phi) is 1.85. The van der Waals surface area contributed by atoms with Crippen molar-refractivity contribution < 1.29 is 19.3 Å². The zero-order chi connectivity index (χ0) is 7.84. The predicted molar refractivity (Wildman–Crippen MR) is 36.0 cm³/mol. The number of hydrogen-bond donors (Lipinski definition) is 1. The lowest BCUT2D eigenvalue weighted by Crippen LogP contribution is -2.42. The highest BCUT2D eigenvalue weighted by Crippen LogP contribution is 2.28. The summed E-state index contributed by atoms with van der Waals surface area (Å²) in [5, 5.41) is 9.37. The van der Waals surface area contributed by atoms with Crippen molar-refractivity contribution in [3.63, 3.8) is 0 Å². The van der Waals surface area contributed by atoms with E-state index in [9.17, 15) is 5.11 Å². The van der Waals surface area contributed by atoms with Gasteiger partial charge in [0, 0.05) is 13.5 Å². The van der Waals surface area contributed by atoms with Crippen LogP contribution in [0.15, 0.2) is 0 Å². The van der Waals surface area contributed by atoms with Crippen LogP contribution in [0.5, 0.6) is 0 Å². The molecule has 0 aliphatic carbocycles. The highest BCUT2D eigenvalue weighted by Gasteiger charge is 2.43. The average Bonchev–Trinajstić information content (AvgIpc) is 2.43. The summed E-state index contributed by atoms with van der Waals surface area (Å²) in [6.45, 7) is 0.542. The topological polar surface area (TPSA) is 47.9 Å². The fourth-order valence-corrected chi connectivity index (χ4v) is 1.59. The van der Waals surface area contributed by atoms with Crippen LogP contribution in [0.25, 0.3) is 0 Å². The predicted octanol–water partition coefficient (Wildman–Crippen LogP) is -0.493. The number of aliphatic hydroxyl groups excluding tert-OH is 1. The van der Waals surface area contributed by atoms with Crippen molar-refractivity contribution in [3.05, 3.63) is 0 Å². The van der Waals surface area contributed by atoms with Crippen LogP contribution < -0.4 is 0 Å². The van der Waals surface area contributed by atoms with Gasteiger partial charge in [-0.25, -0.2) is 0 Å². The lowest BCUT2D eigenvalue weighted by atomic mass is 10.1. The minimum absolute atomic E-state index is 0.0104. The summed E-state index contributed by atoms with van der Waals surface area (Å²) in [5.41, 5.74) is 0. The van der Waals surface area contributed by atoms with E-state index < -0.39 is 12.4 Å². The van der Waals surface area contributed by atoms with Gasteiger partial charge in [-0.2, -0.15) is 0 Å². The first-order chi connectivity index (χ1) is 5.31. The maximum absolute atomic E-state index is 9.37. The van der Waals surface area contributed by atoms with Gasteiger partial charge in [-0.3, -0.25) is 0 Å². The first kappa shape index (κ1) is 7.49. The van der Waals surface area contributed by atoms with Crippen LogP contribution in [-0.2, 0) is 14.2 Å². The molecule has 64 valence electrons. The van der Waals surface area contributed by atoms with Gasteiger partial charge in [-0.05, 0) is 0 Å². The zero-order valence-electron chi connectivity index (χ0n) is 6.40. The molecule has 4 atom stereocenters. The Morgan fingerprint density at radius 2 is 2.36 bits per heavy atom. The molecule has 4 nitrogen and oxygen atoms in total. The van der Waals surface area contributed by atoms with Gasteiger partial charge >= 0.3 is 0 Å². The summed E-state index contributed by atoms with van der Waals surface area (Å²) in [6.07, 6.45) is -0.312. The van der Waals surface area contributed by atoms with Crippen molar-refractivity contribution >= 4 is 0 Å². The molecule has 2 aliphatic rings. The van der Waals surface area contributed by atoms with E-state index >= 15 is 0 Å². The monoisotopic (exact) mass is 160 g/mol. The summed E-state index contributed by atoms with van der Waals surface area (Å²) in [5.74, 6) is 0. The Hall–Kier alpha value is -0.160. The molecule has 2 saturated heterocycles. The largest absolute Gasteiger partial charge is 0.388 e. The van der Waals surface area contributed by atoms with Crippen LogP contribution in [0.4, 0.5) is 0 Å². The van der Waals surface area contributed by atoms with E-state index in [0.29, 0.717) is 13.0 Å². The Balaban J connectivity index is 2.05. The highest BCUT2D eigenvalue weighted by atomic mass is 16.7. The molecule has 2 rings (SSSR count). The van der Waals surface area contributed by atoms with Crippen LogP contribution in [0.2, 0.25) is 0 Å². The molecule has 0 aromatic rings. The average molecular weight is 160 g/mol. The lowest BCUT2D eigenvalue weighted by Gasteiger charge is -2.29. The Bertz CT molecular complexity index is 149. The molecule has 2 bridgehead atoms. The molecule has 2 fully saturated rings. The first-order valence-electron chi connectivity index (χ1n) is 3.79. The van der Waals surface area contributed by atoms with Gasteiger partial charge in [0.05, 0.1) is 12.7 Å². The lowest BCUT2D eigenvalue weighted by molar-refractivity contribution is -0.186. The van der Waals surface area contributed by atoms with Crippen molar-refractivity contribution in [1.29, 1.82) is 0 Å². The van der Waals surface area contributed by atoms with E-state index in [2.05, 4.69) is 0 Å². The quantitative estimate of drug-likeness (QED) is 0.562. The molecule has 0 radical (unpaired) electrons. The van der Waals surface area contributed by atoms with Gasteiger partial charge in [0.25, 0.3) is 0 Å². The molecule has 2 aliphatic heterocycles. The third kappa shape index (κ3) is 1.16. The van der Waals surface area contributed by atoms with E-state index in [4.69, 9.17) is 14.2 Å². The fraction of sp³-hybridized carbons (Fsp3) is 1.00. The molecule has 0 amide bonds. The molecule has 0 aromatic heterocycles. The van der Waals surface area contributed by atoms with Gasteiger partial charge in [0.2, 0.25) is 0 Å². The maximum Gasteiger partial charge on any atom is 0.184 e. The number of hydrogen-bond acceptors (Lipinski definition) is 4. The number of methoxy groups -OCH3 is 1. The van der Waals surface area contributed by atoms with Crippen LogP contribution in [0, 0.1) is 0 Å². The van der Waals surface area contributed by atoms with Gasteiger partial charge in [0.1, 0.15) is 12.2 Å². The second-order valence-electron chi connectivity index (χ2n) is 2.95. The SMILES string of the molecule is COC1CC(O)C2OCC1O2. The number of aliphatic hydroxyl groups is 1. The van der Waals surface area contributed by atoms with Crippen LogP contribution in [0.3, 0.4) is 0 Å². The number of fused-ring (bicyclic) bond motifs is 2. The molecule has 2 heterocycles. The molecular weight excluding hydrogens is 148 g/mol. The second-order valence-corrected chi connectivity index (χ2v) is 2.95. The van der Waals surface area contributed by atoms with Crippen molar-refractivity contribution in [1.82, 2.24) is 0 Å². The third-order valence-corrected chi connectivity index (χ3v) is 2.24. The number of rotatable bonds is 1. The molecular formula is C7H12O4. The van der Waals surface area contributed by atoms with Crippen molar-refractivity contribution in [3.8, 4) is 0 Å². The van der Waals surface area contributed by atoms with Crippen molar-refractivity contribution in [2.45, 2.75) is 31.0 Å². The van der Waals surface area contributed by atoms with Gasteiger partial charge in [0.15, 0.2) is 6.29 Å². The second kappa shape index (κ2) is 2.71. The molecule has 4 unspecified atom stereocenters. The normalized spacial score (nSPS) is 49.6. The van der Waals surface area contributed by atoms with E-state index in [-0.39, 0.29) is 12.2 Å². The maximum atomic E-state index is 9.37. The summed E-state index contributed by atoms with van der Waals surface area (Å²) in [7, 11) is 1.62. The van der Waals surface area contributed by atoms with Gasteiger partial charge < -0.3 is 19.3 Å². The highest BCUT2D eigenvalue weighted by molar-refractivity contribution is 4.86. The standard InChI is InChI=1S/C7H12O4/c1-9-5-2-4(8)7-10-3-6(5)11-7/h4-8H,2-3H2,1H3. The van der Waals surface area contributed by atoms with Crippen LogP contribution in [0.1, 0.15) is 6.42 Å². The Labute approximate surface area is 65.1 Å². The summed E-state index contributed by atoms with van der Waals surface area (Å²) in [4.78, 5) is 0. The number of ether oxygens (including phenoxy) is 3. The first-order valence-corrected chi connectivity index (χ1v) is 3.79. The molecule has 11 heavy (non-hydrogen) atoms. The molecule has 0 saturated carbocycles. The van der Waals surface area contributed by atoms with Crippen LogP contribution >= 0.6 is 0 Å². The smallest absolute Gasteiger partial charge is 0.184 e. The van der Waals surface area contributed by atoms with Crippen LogP contribution in [-0.4, -0.2) is 43.4 Å². The van der Waals surface area contributed by atoms with Gasteiger partial charge in [-0.1, -0.05) is 0 Å². The minimum Gasteiger partial charge on any atom is -0.388 e. The molecule has 4 heteroatoms. The van der Waals surface area contributed by atoms with E-state index in [0.717, 1.165) is 0 Å². The summed E-state index contributed by atoms with van der Waals surface area (Å²) >= 11 is 0. The fourth-order valence-electron chi connectivity index (χ4n) is 1.59. The van der Waals surface area contributed by atoms with Crippen molar-refractivity contribution in [2.24, 2.45) is 0 Å².